The molecule has 3 N–H and O–H groups in total. The van der Waals surface area contributed by atoms with Gasteiger partial charge >= 0.3 is 0 Å². The summed E-state index contributed by atoms with van der Waals surface area (Å²) in [4.78, 5) is 34.1. The van der Waals surface area contributed by atoms with E-state index in [1.807, 2.05) is 14.1 Å². The van der Waals surface area contributed by atoms with Crippen LogP contribution in [-0.2, 0) is 9.59 Å². The first-order valence-corrected chi connectivity index (χ1v) is 10.1. The normalized spacial score (nSPS) is 23.2. The number of amides is 2. The minimum Gasteiger partial charge on any atom is -0.370 e. The summed E-state index contributed by atoms with van der Waals surface area (Å²) in [6.07, 6.45) is 5.57. The summed E-state index contributed by atoms with van der Waals surface area (Å²) in [5.74, 6) is 1.20. The van der Waals surface area contributed by atoms with Crippen LogP contribution in [0.15, 0.2) is 4.99 Å². The van der Waals surface area contributed by atoms with Crippen LogP contribution in [0.1, 0.15) is 38.5 Å². The molecular formula is C19H37IN6O2. The van der Waals surface area contributed by atoms with Crippen LogP contribution >= 0.6 is 24.0 Å². The number of piperidine rings is 1. The summed E-state index contributed by atoms with van der Waals surface area (Å²) in [5.41, 5.74) is 5.35. The molecule has 2 heterocycles. The Morgan fingerprint density at radius 2 is 1.93 bits per heavy atom. The van der Waals surface area contributed by atoms with Crippen LogP contribution in [0.4, 0.5) is 0 Å². The van der Waals surface area contributed by atoms with Gasteiger partial charge in [0.05, 0.1) is 6.04 Å². The molecule has 2 unspecified atom stereocenters. The zero-order valence-corrected chi connectivity index (χ0v) is 19.9. The molecule has 2 atom stereocenters. The monoisotopic (exact) mass is 508 g/mol. The van der Waals surface area contributed by atoms with Crippen molar-refractivity contribution in [1.82, 2.24) is 20.0 Å². The Kier molecular flexibility index (Phi) is 11.1. The SMILES string of the molecule is CN=C(NCCCN1CCCC1C(=O)N(C)C)N1CCCC(CC(N)=O)C1.I. The fraction of sp³-hybridized carbons (Fsp3) is 0.842. The van der Waals surface area contributed by atoms with Crippen LogP contribution in [0, 0.1) is 5.92 Å². The van der Waals surface area contributed by atoms with Gasteiger partial charge in [-0.15, -0.1) is 24.0 Å². The molecule has 0 aliphatic carbocycles. The van der Waals surface area contributed by atoms with Gasteiger partial charge in [0, 0.05) is 53.7 Å². The second-order valence-electron chi connectivity index (χ2n) is 7.88. The first-order chi connectivity index (χ1) is 12.9. The lowest BCUT2D eigenvalue weighted by Gasteiger charge is -2.34. The molecule has 8 nitrogen and oxygen atoms in total. The van der Waals surface area contributed by atoms with Gasteiger partial charge in [-0.25, -0.2) is 0 Å². The molecule has 2 saturated heterocycles. The molecule has 2 amide bonds. The molecule has 0 aromatic rings. The van der Waals surface area contributed by atoms with Gasteiger partial charge in [-0.2, -0.15) is 0 Å². The van der Waals surface area contributed by atoms with Crippen molar-refractivity contribution in [2.45, 2.75) is 44.6 Å². The van der Waals surface area contributed by atoms with Gasteiger partial charge in [-0.05, 0) is 44.6 Å². The molecule has 2 fully saturated rings. The van der Waals surface area contributed by atoms with Crippen LogP contribution in [0.5, 0.6) is 0 Å². The van der Waals surface area contributed by atoms with Crippen LogP contribution in [0.25, 0.3) is 0 Å². The predicted octanol–water partition coefficient (Wildman–Crippen LogP) is 0.710. The Balaban J connectivity index is 0.00000392. The number of nitrogens with two attached hydrogens (primary N) is 1. The second-order valence-corrected chi connectivity index (χ2v) is 7.88. The van der Waals surface area contributed by atoms with Crippen molar-refractivity contribution in [3.8, 4) is 0 Å². The van der Waals surface area contributed by atoms with Crippen molar-refractivity contribution < 1.29 is 9.59 Å². The number of hydrogen-bond acceptors (Lipinski definition) is 4. The number of guanidine groups is 1. The number of hydrogen-bond donors (Lipinski definition) is 2. The average Bonchev–Trinajstić information content (AvgIpc) is 3.09. The van der Waals surface area contributed by atoms with Crippen LogP contribution < -0.4 is 11.1 Å². The maximum absolute atomic E-state index is 12.3. The fourth-order valence-corrected chi connectivity index (χ4v) is 4.19. The Labute approximate surface area is 186 Å². The first-order valence-electron chi connectivity index (χ1n) is 10.1. The molecule has 2 aliphatic heterocycles. The number of carbonyl (C=O) groups excluding carboxylic acids is 2. The largest absolute Gasteiger partial charge is 0.370 e. The molecule has 0 radical (unpaired) electrons. The molecular weight excluding hydrogens is 471 g/mol. The minimum atomic E-state index is -0.225. The van der Waals surface area contributed by atoms with Gasteiger partial charge in [0.15, 0.2) is 5.96 Å². The van der Waals surface area contributed by atoms with Crippen LogP contribution in [-0.4, -0.2) is 92.4 Å². The van der Waals surface area contributed by atoms with E-state index in [1.54, 1.807) is 11.9 Å². The van der Waals surface area contributed by atoms with E-state index in [4.69, 9.17) is 5.73 Å². The summed E-state index contributed by atoms with van der Waals surface area (Å²) < 4.78 is 0. The third-order valence-electron chi connectivity index (χ3n) is 5.51. The van der Waals surface area contributed by atoms with E-state index in [1.165, 1.54) is 0 Å². The maximum atomic E-state index is 12.3. The van der Waals surface area contributed by atoms with E-state index in [0.29, 0.717) is 12.3 Å². The van der Waals surface area contributed by atoms with Gasteiger partial charge in [-0.1, -0.05) is 0 Å². The standard InChI is InChI=1S/C19H36N6O2.HI/c1-21-19(25-11-4-7-15(14-25)13-17(20)26)22-9-6-12-24-10-5-8-16(24)18(27)23(2)3;/h15-16H,4-14H2,1-3H3,(H2,20,26)(H,21,22);1H. The van der Waals surface area contributed by atoms with Crippen molar-refractivity contribution in [2.75, 3.05) is 53.9 Å². The number of likely N-dealkylation sites (tertiary alicyclic amines) is 2. The number of nitrogens with zero attached hydrogens (tertiary/aromatic N) is 4. The number of aliphatic imine (C=N–C) groups is 1. The summed E-state index contributed by atoms with van der Waals surface area (Å²) in [6.45, 7) is 4.52. The highest BCUT2D eigenvalue weighted by Crippen LogP contribution is 2.20. The van der Waals surface area contributed by atoms with E-state index in [0.717, 1.165) is 70.8 Å². The van der Waals surface area contributed by atoms with E-state index >= 15 is 0 Å². The van der Waals surface area contributed by atoms with Crippen molar-refractivity contribution in [1.29, 1.82) is 0 Å². The number of likely N-dealkylation sites (N-methyl/N-ethyl adjacent to an activating group) is 1. The maximum Gasteiger partial charge on any atom is 0.239 e. The third-order valence-corrected chi connectivity index (χ3v) is 5.51. The average molecular weight is 508 g/mol. The molecule has 0 bridgehead atoms. The van der Waals surface area contributed by atoms with Gasteiger partial charge in [0.1, 0.15) is 0 Å². The first kappa shape index (κ1) is 24.9. The highest BCUT2D eigenvalue weighted by atomic mass is 127. The Morgan fingerprint density at radius 3 is 2.57 bits per heavy atom. The topological polar surface area (TPSA) is 94.3 Å². The molecule has 9 heteroatoms. The molecule has 162 valence electrons. The van der Waals surface area contributed by atoms with Crippen molar-refractivity contribution >= 4 is 41.8 Å². The molecule has 2 rings (SSSR count). The molecule has 0 aromatic carbocycles. The molecule has 0 saturated carbocycles. The molecule has 0 aromatic heterocycles. The lowest BCUT2D eigenvalue weighted by molar-refractivity contribution is -0.133. The summed E-state index contributed by atoms with van der Waals surface area (Å²) in [7, 11) is 5.45. The number of carbonyl (C=O) groups is 2. The third kappa shape index (κ3) is 7.38. The fourth-order valence-electron chi connectivity index (χ4n) is 4.19. The van der Waals surface area contributed by atoms with Gasteiger partial charge in [0.25, 0.3) is 0 Å². The quantitative estimate of drug-likeness (QED) is 0.229. The van der Waals surface area contributed by atoms with Gasteiger partial charge < -0.3 is 20.9 Å². The summed E-state index contributed by atoms with van der Waals surface area (Å²) in [5, 5.41) is 3.44. The van der Waals surface area contributed by atoms with Gasteiger partial charge in [-0.3, -0.25) is 19.5 Å². The van der Waals surface area contributed by atoms with Crippen molar-refractivity contribution in [2.24, 2.45) is 16.6 Å². The second kappa shape index (κ2) is 12.5. The summed E-state index contributed by atoms with van der Waals surface area (Å²) in [6, 6.07) is 0.0379. The van der Waals surface area contributed by atoms with E-state index in [-0.39, 0.29) is 41.8 Å². The predicted molar refractivity (Wildman–Crippen MR) is 123 cm³/mol. The smallest absolute Gasteiger partial charge is 0.239 e. The minimum absolute atomic E-state index is 0. The lowest BCUT2D eigenvalue weighted by atomic mass is 9.95. The Bertz CT molecular complexity index is 543. The molecule has 0 spiro atoms. The number of nitrogens with one attached hydrogen (secondary N) is 1. The van der Waals surface area contributed by atoms with E-state index in [9.17, 15) is 9.59 Å². The zero-order valence-electron chi connectivity index (χ0n) is 17.5. The number of halogens is 1. The van der Waals surface area contributed by atoms with Crippen LogP contribution in [0.3, 0.4) is 0 Å². The summed E-state index contributed by atoms with van der Waals surface area (Å²) >= 11 is 0. The Hall–Kier alpha value is -1.10. The van der Waals surface area contributed by atoms with E-state index < -0.39 is 0 Å². The van der Waals surface area contributed by atoms with Crippen LogP contribution in [0.2, 0.25) is 0 Å². The Morgan fingerprint density at radius 1 is 1.21 bits per heavy atom. The highest BCUT2D eigenvalue weighted by molar-refractivity contribution is 14.0. The highest BCUT2D eigenvalue weighted by Gasteiger charge is 2.31. The van der Waals surface area contributed by atoms with Gasteiger partial charge in [0.2, 0.25) is 11.8 Å². The molecule has 28 heavy (non-hydrogen) atoms. The van der Waals surface area contributed by atoms with Crippen molar-refractivity contribution in [3.63, 3.8) is 0 Å². The van der Waals surface area contributed by atoms with Crippen molar-refractivity contribution in [3.05, 3.63) is 0 Å². The zero-order chi connectivity index (χ0) is 19.8. The van der Waals surface area contributed by atoms with E-state index in [2.05, 4.69) is 20.1 Å². The lowest BCUT2D eigenvalue weighted by Crippen LogP contribution is -2.48. The number of primary amides is 1. The molecule has 2 aliphatic rings. The number of rotatable bonds is 7.